The van der Waals surface area contributed by atoms with Crippen LogP contribution in [0.4, 0.5) is 10.5 Å². The summed E-state index contributed by atoms with van der Waals surface area (Å²) in [6.45, 7) is 3.29. The topological polar surface area (TPSA) is 84.9 Å². The monoisotopic (exact) mass is 356 g/mol. The van der Waals surface area contributed by atoms with Gasteiger partial charge < -0.3 is 15.3 Å². The minimum absolute atomic E-state index is 0.104. The number of halogens is 1. The number of carboxylic acids is 1. The summed E-state index contributed by atoms with van der Waals surface area (Å²) in [7, 11) is 2.03. The Kier molecular flexibility index (Phi) is 5.16. The number of nitrogens with zero attached hydrogens (tertiary/aromatic N) is 2. The van der Waals surface area contributed by atoms with E-state index < -0.39 is 5.97 Å². The average molecular weight is 357 g/mol. The van der Waals surface area contributed by atoms with Crippen molar-refractivity contribution in [3.63, 3.8) is 0 Å². The maximum absolute atomic E-state index is 11.9. The van der Waals surface area contributed by atoms with Crippen LogP contribution < -0.4 is 10.7 Å². The first-order chi connectivity index (χ1) is 9.95. The molecule has 0 saturated carbocycles. The summed E-state index contributed by atoms with van der Waals surface area (Å²) in [5, 5.41) is 13.5. The Labute approximate surface area is 131 Å². The van der Waals surface area contributed by atoms with Gasteiger partial charge in [-0.2, -0.15) is 0 Å². The number of likely N-dealkylation sites (N-methyl/N-ethyl adjacent to an activating group) is 1. The van der Waals surface area contributed by atoms with Gasteiger partial charge in [-0.15, -0.1) is 0 Å². The molecule has 0 radical (unpaired) electrons. The molecule has 1 aliphatic rings. The van der Waals surface area contributed by atoms with E-state index in [-0.39, 0.29) is 11.6 Å². The van der Waals surface area contributed by atoms with E-state index in [1.807, 2.05) is 12.1 Å². The largest absolute Gasteiger partial charge is 0.478 e. The molecule has 1 fully saturated rings. The fourth-order valence-electron chi connectivity index (χ4n) is 1.99. The van der Waals surface area contributed by atoms with Crippen molar-refractivity contribution in [3.05, 3.63) is 28.2 Å². The maximum atomic E-state index is 11.9. The van der Waals surface area contributed by atoms with Gasteiger partial charge in [-0.05, 0) is 41.2 Å². The molecule has 21 heavy (non-hydrogen) atoms. The van der Waals surface area contributed by atoms with Gasteiger partial charge in [0.1, 0.15) is 0 Å². The van der Waals surface area contributed by atoms with Gasteiger partial charge in [-0.1, -0.05) is 0 Å². The zero-order chi connectivity index (χ0) is 15.4. The summed E-state index contributed by atoms with van der Waals surface area (Å²) in [6, 6.07) is 4.27. The van der Waals surface area contributed by atoms with Crippen molar-refractivity contribution in [1.29, 1.82) is 0 Å². The number of hydrogen-bond acceptors (Lipinski definition) is 4. The van der Waals surface area contributed by atoms with Gasteiger partial charge in [-0.3, -0.25) is 5.43 Å². The molecule has 7 nitrogen and oxygen atoms in total. The van der Waals surface area contributed by atoms with Crippen LogP contribution in [0.15, 0.2) is 22.7 Å². The molecular weight excluding hydrogens is 340 g/mol. The van der Waals surface area contributed by atoms with Crippen LogP contribution in [0.3, 0.4) is 0 Å². The van der Waals surface area contributed by atoms with E-state index >= 15 is 0 Å². The fourth-order valence-corrected chi connectivity index (χ4v) is 2.40. The van der Waals surface area contributed by atoms with E-state index in [1.165, 1.54) is 6.07 Å². The molecule has 1 aliphatic heterocycles. The number of piperazine rings is 1. The molecule has 2 rings (SSSR count). The minimum Gasteiger partial charge on any atom is -0.478 e. The SMILES string of the molecule is CN1CCN(NC(=O)Nc2ccc(Br)c(C(=O)O)c2)CC1. The number of urea groups is 1. The number of aromatic carboxylic acids is 1. The second-order valence-corrected chi connectivity index (χ2v) is 5.71. The molecule has 0 unspecified atom stereocenters. The third kappa shape index (κ3) is 4.42. The molecule has 114 valence electrons. The second kappa shape index (κ2) is 6.88. The van der Waals surface area contributed by atoms with Crippen molar-refractivity contribution in [2.24, 2.45) is 0 Å². The van der Waals surface area contributed by atoms with E-state index in [1.54, 1.807) is 12.1 Å². The standard InChI is InChI=1S/C13H17BrN4O3/c1-17-4-6-18(7-5-17)16-13(21)15-9-2-3-11(14)10(8-9)12(19)20/h2-3,8H,4-7H2,1H3,(H,19,20)(H2,15,16,21). The van der Waals surface area contributed by atoms with Gasteiger partial charge in [0.2, 0.25) is 0 Å². The van der Waals surface area contributed by atoms with E-state index in [9.17, 15) is 9.59 Å². The summed E-state index contributed by atoms with van der Waals surface area (Å²) >= 11 is 3.16. The van der Waals surface area contributed by atoms with Gasteiger partial charge in [-0.25, -0.2) is 14.6 Å². The number of anilines is 1. The highest BCUT2D eigenvalue weighted by molar-refractivity contribution is 9.10. The van der Waals surface area contributed by atoms with Gasteiger partial charge >= 0.3 is 12.0 Å². The highest BCUT2D eigenvalue weighted by Gasteiger charge is 2.16. The lowest BCUT2D eigenvalue weighted by Crippen LogP contribution is -2.53. The van der Waals surface area contributed by atoms with Crippen molar-refractivity contribution in [2.45, 2.75) is 0 Å². The summed E-state index contributed by atoms with van der Waals surface area (Å²) in [4.78, 5) is 25.1. The van der Waals surface area contributed by atoms with Gasteiger partial charge in [0.15, 0.2) is 0 Å². The Morgan fingerprint density at radius 3 is 2.52 bits per heavy atom. The Morgan fingerprint density at radius 2 is 1.90 bits per heavy atom. The molecule has 1 aromatic carbocycles. The minimum atomic E-state index is -1.05. The van der Waals surface area contributed by atoms with Crippen LogP contribution in [0.2, 0.25) is 0 Å². The van der Waals surface area contributed by atoms with Crippen LogP contribution in [0.5, 0.6) is 0 Å². The summed E-state index contributed by atoms with van der Waals surface area (Å²) in [6.07, 6.45) is 0. The van der Waals surface area contributed by atoms with Crippen LogP contribution in [-0.4, -0.2) is 60.2 Å². The van der Waals surface area contributed by atoms with Crippen molar-refractivity contribution >= 4 is 33.6 Å². The second-order valence-electron chi connectivity index (χ2n) is 4.86. The zero-order valence-corrected chi connectivity index (χ0v) is 13.2. The normalized spacial score (nSPS) is 16.5. The first kappa shape index (κ1) is 15.7. The van der Waals surface area contributed by atoms with Gasteiger partial charge in [0.05, 0.1) is 5.56 Å². The number of hydrazine groups is 1. The zero-order valence-electron chi connectivity index (χ0n) is 11.6. The molecule has 1 heterocycles. The lowest BCUT2D eigenvalue weighted by atomic mass is 10.2. The van der Waals surface area contributed by atoms with Crippen LogP contribution in [0.25, 0.3) is 0 Å². The Bertz CT molecular complexity index is 544. The predicted molar refractivity (Wildman–Crippen MR) is 82.3 cm³/mol. The Hall–Kier alpha value is -1.64. The molecule has 0 aromatic heterocycles. The van der Waals surface area contributed by atoms with Gasteiger partial charge in [0.25, 0.3) is 0 Å². The number of amides is 2. The number of carboxylic acid groups (broad SMARTS) is 1. The molecule has 0 atom stereocenters. The van der Waals surface area contributed by atoms with E-state index in [2.05, 4.69) is 31.6 Å². The lowest BCUT2D eigenvalue weighted by molar-refractivity contribution is 0.0696. The van der Waals surface area contributed by atoms with Gasteiger partial charge in [0, 0.05) is 36.3 Å². The van der Waals surface area contributed by atoms with Crippen LogP contribution in [0.1, 0.15) is 10.4 Å². The number of hydrogen-bond donors (Lipinski definition) is 3. The smallest absolute Gasteiger partial charge is 0.336 e. The Balaban J connectivity index is 1.93. The summed E-state index contributed by atoms with van der Waals surface area (Å²) in [5.74, 6) is -1.05. The highest BCUT2D eigenvalue weighted by atomic mass is 79.9. The third-order valence-corrected chi connectivity index (χ3v) is 3.91. The molecule has 1 saturated heterocycles. The summed E-state index contributed by atoms with van der Waals surface area (Å²) in [5.41, 5.74) is 3.29. The van der Waals surface area contributed by atoms with Crippen molar-refractivity contribution < 1.29 is 14.7 Å². The molecular formula is C13H17BrN4O3. The molecule has 0 spiro atoms. The number of carbonyl (C=O) groups is 2. The van der Waals surface area contributed by atoms with E-state index in [4.69, 9.17) is 5.11 Å². The first-order valence-corrected chi connectivity index (χ1v) is 7.29. The quantitative estimate of drug-likeness (QED) is 0.762. The number of carbonyl (C=O) groups excluding carboxylic acids is 1. The third-order valence-electron chi connectivity index (χ3n) is 3.22. The number of rotatable bonds is 3. The van der Waals surface area contributed by atoms with Crippen LogP contribution >= 0.6 is 15.9 Å². The Morgan fingerprint density at radius 1 is 1.24 bits per heavy atom. The first-order valence-electron chi connectivity index (χ1n) is 6.49. The molecule has 1 aromatic rings. The van der Waals surface area contributed by atoms with Crippen molar-refractivity contribution in [2.75, 3.05) is 38.5 Å². The average Bonchev–Trinajstić information content (AvgIpc) is 2.43. The number of benzene rings is 1. The van der Waals surface area contributed by atoms with Crippen molar-refractivity contribution in [3.8, 4) is 0 Å². The molecule has 0 aliphatic carbocycles. The summed E-state index contributed by atoms with van der Waals surface area (Å²) < 4.78 is 0.472. The highest BCUT2D eigenvalue weighted by Crippen LogP contribution is 2.21. The van der Waals surface area contributed by atoms with Crippen LogP contribution in [0, 0.1) is 0 Å². The fraction of sp³-hybridized carbons (Fsp3) is 0.385. The maximum Gasteiger partial charge on any atom is 0.336 e. The molecule has 8 heteroatoms. The van der Waals surface area contributed by atoms with E-state index in [0.29, 0.717) is 10.2 Å². The van der Waals surface area contributed by atoms with E-state index in [0.717, 1.165) is 26.2 Å². The van der Waals surface area contributed by atoms with Crippen molar-refractivity contribution in [1.82, 2.24) is 15.3 Å². The molecule has 0 bridgehead atoms. The number of nitrogens with one attached hydrogen (secondary N) is 2. The predicted octanol–water partition coefficient (Wildman–Crippen LogP) is 1.43. The lowest BCUT2D eigenvalue weighted by Gasteiger charge is -2.32. The molecule has 2 amide bonds. The molecule has 3 N–H and O–H groups in total. The van der Waals surface area contributed by atoms with Crippen LogP contribution in [-0.2, 0) is 0 Å².